The number of para-hydroxylation sites is 1. The molecule has 0 aromatic heterocycles. The molecule has 124 valence electrons. The van der Waals surface area contributed by atoms with E-state index < -0.39 is 6.04 Å². The van der Waals surface area contributed by atoms with Gasteiger partial charge in [0.25, 0.3) is 0 Å². The maximum absolute atomic E-state index is 12.6. The molecule has 0 saturated heterocycles. The largest absolute Gasteiger partial charge is 0.354 e. The van der Waals surface area contributed by atoms with Crippen molar-refractivity contribution < 1.29 is 9.59 Å². The van der Waals surface area contributed by atoms with E-state index >= 15 is 0 Å². The molecule has 1 heterocycles. The van der Waals surface area contributed by atoms with Crippen molar-refractivity contribution in [1.82, 2.24) is 5.32 Å². The molecule has 1 N–H and O–H groups in total. The molecule has 0 aliphatic carbocycles. The summed E-state index contributed by atoms with van der Waals surface area (Å²) in [5, 5.41) is 2.99. The van der Waals surface area contributed by atoms with Crippen LogP contribution in [0.25, 0.3) is 0 Å². The van der Waals surface area contributed by atoms with E-state index in [2.05, 4.69) is 24.4 Å². The van der Waals surface area contributed by atoms with E-state index in [1.165, 1.54) is 18.1 Å². The first-order valence-electron chi connectivity index (χ1n) is 8.28. The van der Waals surface area contributed by atoms with Gasteiger partial charge in [-0.1, -0.05) is 42.5 Å². The fraction of sp³-hybridized carbons (Fsp3) is 0.300. The Kier molecular flexibility index (Phi) is 4.65. The Bertz CT molecular complexity index is 770. The summed E-state index contributed by atoms with van der Waals surface area (Å²) in [6, 6.07) is 15.4. The molecule has 2 aromatic carbocycles. The first-order valence-corrected chi connectivity index (χ1v) is 8.28. The molecule has 2 aromatic rings. The molecule has 3 rings (SSSR count). The lowest BCUT2D eigenvalue weighted by Gasteiger charge is -2.23. The summed E-state index contributed by atoms with van der Waals surface area (Å²) in [5.74, 6) is -0.186. The van der Waals surface area contributed by atoms with Crippen LogP contribution in [0.5, 0.6) is 0 Å². The predicted octanol–water partition coefficient (Wildman–Crippen LogP) is 2.63. The van der Waals surface area contributed by atoms with Gasteiger partial charge in [0, 0.05) is 25.6 Å². The minimum absolute atomic E-state index is 0.0880. The molecule has 4 heteroatoms. The van der Waals surface area contributed by atoms with Gasteiger partial charge in [-0.2, -0.15) is 0 Å². The van der Waals surface area contributed by atoms with E-state index in [9.17, 15) is 9.59 Å². The van der Waals surface area contributed by atoms with Crippen LogP contribution in [-0.4, -0.2) is 24.4 Å². The topological polar surface area (TPSA) is 49.4 Å². The predicted molar refractivity (Wildman–Crippen MR) is 95.0 cm³/mol. The third kappa shape index (κ3) is 3.18. The number of amides is 2. The summed E-state index contributed by atoms with van der Waals surface area (Å²) in [7, 11) is 0. The van der Waals surface area contributed by atoms with Gasteiger partial charge in [-0.05, 0) is 36.1 Å². The molecule has 2 amide bonds. The number of fused-ring (bicyclic) bond motifs is 1. The van der Waals surface area contributed by atoms with E-state index in [0.29, 0.717) is 13.0 Å². The van der Waals surface area contributed by atoms with Crippen molar-refractivity contribution >= 4 is 17.5 Å². The van der Waals surface area contributed by atoms with Crippen LogP contribution in [0.15, 0.2) is 48.5 Å². The highest BCUT2D eigenvalue weighted by molar-refractivity contribution is 6.02. The van der Waals surface area contributed by atoms with Crippen LogP contribution in [0.3, 0.4) is 0 Å². The summed E-state index contributed by atoms with van der Waals surface area (Å²) in [6.45, 7) is 4.15. The zero-order valence-corrected chi connectivity index (χ0v) is 14.1. The highest BCUT2D eigenvalue weighted by atomic mass is 16.2. The number of carbonyl (C=O) groups excluding carboxylic acids is 2. The summed E-state index contributed by atoms with van der Waals surface area (Å²) in [6.07, 6.45) is 1.37. The fourth-order valence-electron chi connectivity index (χ4n) is 3.31. The Hall–Kier alpha value is -2.62. The van der Waals surface area contributed by atoms with Gasteiger partial charge in [-0.25, -0.2) is 0 Å². The van der Waals surface area contributed by atoms with Crippen LogP contribution in [0, 0.1) is 6.92 Å². The number of aryl methyl sites for hydroxylation is 1. The number of hydrogen-bond acceptors (Lipinski definition) is 2. The first kappa shape index (κ1) is 16.2. The molecule has 4 nitrogen and oxygen atoms in total. The third-order valence-electron chi connectivity index (χ3n) is 4.57. The van der Waals surface area contributed by atoms with E-state index in [4.69, 9.17) is 0 Å². The monoisotopic (exact) mass is 322 g/mol. The first-order chi connectivity index (χ1) is 11.6. The van der Waals surface area contributed by atoms with Crippen molar-refractivity contribution in [3.8, 4) is 0 Å². The smallest absolute Gasteiger partial charge is 0.243 e. The van der Waals surface area contributed by atoms with E-state index in [1.807, 2.05) is 36.4 Å². The Morgan fingerprint density at radius 2 is 1.83 bits per heavy atom. The van der Waals surface area contributed by atoms with Gasteiger partial charge in [0.05, 0.1) is 0 Å². The van der Waals surface area contributed by atoms with Crippen LogP contribution in [0.1, 0.15) is 23.6 Å². The van der Waals surface area contributed by atoms with Crippen LogP contribution < -0.4 is 10.2 Å². The zero-order valence-electron chi connectivity index (χ0n) is 14.1. The Balaban J connectivity index is 1.65. The van der Waals surface area contributed by atoms with Crippen LogP contribution in [0.4, 0.5) is 5.69 Å². The Morgan fingerprint density at radius 1 is 1.12 bits per heavy atom. The Labute approximate surface area is 142 Å². The fourth-order valence-corrected chi connectivity index (χ4v) is 3.31. The number of carbonyl (C=O) groups is 2. The summed E-state index contributed by atoms with van der Waals surface area (Å²) in [5.41, 5.74) is 4.36. The van der Waals surface area contributed by atoms with Crippen LogP contribution >= 0.6 is 0 Å². The second kappa shape index (κ2) is 6.87. The summed E-state index contributed by atoms with van der Waals surface area (Å²) < 4.78 is 0. The number of anilines is 1. The van der Waals surface area contributed by atoms with Crippen molar-refractivity contribution in [2.75, 3.05) is 11.4 Å². The second-order valence-electron chi connectivity index (χ2n) is 6.21. The van der Waals surface area contributed by atoms with Crippen LogP contribution in [0.2, 0.25) is 0 Å². The van der Waals surface area contributed by atoms with Gasteiger partial charge < -0.3 is 5.32 Å². The minimum atomic E-state index is -0.447. The van der Waals surface area contributed by atoms with Gasteiger partial charge in [0.1, 0.15) is 6.04 Å². The molecule has 0 radical (unpaired) electrons. The normalized spacial score (nSPS) is 15.9. The maximum Gasteiger partial charge on any atom is 0.243 e. The number of hydrogen-bond donors (Lipinski definition) is 1. The molecule has 0 unspecified atom stereocenters. The minimum Gasteiger partial charge on any atom is -0.354 e. The lowest BCUT2D eigenvalue weighted by Crippen LogP contribution is -2.47. The van der Waals surface area contributed by atoms with Crippen molar-refractivity contribution in [2.24, 2.45) is 0 Å². The number of nitrogens with one attached hydrogen (secondary N) is 1. The summed E-state index contributed by atoms with van der Waals surface area (Å²) in [4.78, 5) is 26.2. The molecule has 0 bridgehead atoms. The highest BCUT2D eigenvalue weighted by Crippen LogP contribution is 2.32. The van der Waals surface area contributed by atoms with Gasteiger partial charge >= 0.3 is 0 Å². The van der Waals surface area contributed by atoms with Gasteiger partial charge in [-0.15, -0.1) is 0 Å². The van der Waals surface area contributed by atoms with E-state index in [0.717, 1.165) is 17.7 Å². The molecule has 0 fully saturated rings. The standard InChI is InChI=1S/C20H22N2O2/c1-14-7-3-4-8-16(14)11-12-21-20(24)19-13-17-9-5-6-10-18(17)22(19)15(2)23/h3-10,19H,11-13H2,1-2H3,(H,21,24)/t19-/m0/s1. The average Bonchev–Trinajstić information content (AvgIpc) is 2.96. The van der Waals surface area contributed by atoms with Crippen LogP contribution in [-0.2, 0) is 22.4 Å². The van der Waals surface area contributed by atoms with Crippen molar-refractivity contribution in [2.45, 2.75) is 32.7 Å². The molecule has 1 aliphatic heterocycles. The van der Waals surface area contributed by atoms with Gasteiger partial charge in [0.2, 0.25) is 11.8 Å². The van der Waals surface area contributed by atoms with E-state index in [1.54, 1.807) is 4.90 Å². The quantitative estimate of drug-likeness (QED) is 0.941. The molecule has 0 saturated carbocycles. The summed E-state index contributed by atoms with van der Waals surface area (Å²) >= 11 is 0. The average molecular weight is 322 g/mol. The lowest BCUT2D eigenvalue weighted by atomic mass is 10.1. The van der Waals surface area contributed by atoms with Gasteiger partial charge in [-0.3, -0.25) is 14.5 Å². The SMILES string of the molecule is CC(=O)N1c2ccccc2C[C@H]1C(=O)NCCc1ccccc1C. The number of benzene rings is 2. The molecule has 0 spiro atoms. The zero-order chi connectivity index (χ0) is 17.1. The van der Waals surface area contributed by atoms with Crippen molar-refractivity contribution in [3.05, 3.63) is 65.2 Å². The number of rotatable bonds is 4. The lowest BCUT2D eigenvalue weighted by molar-refractivity contribution is -0.125. The molecule has 1 aliphatic rings. The Morgan fingerprint density at radius 3 is 2.58 bits per heavy atom. The second-order valence-corrected chi connectivity index (χ2v) is 6.21. The highest BCUT2D eigenvalue weighted by Gasteiger charge is 2.36. The molecular weight excluding hydrogens is 300 g/mol. The molecular formula is C20H22N2O2. The van der Waals surface area contributed by atoms with Gasteiger partial charge in [0.15, 0.2) is 0 Å². The molecule has 1 atom stereocenters. The van der Waals surface area contributed by atoms with Crippen molar-refractivity contribution in [1.29, 1.82) is 0 Å². The number of nitrogens with zero attached hydrogens (tertiary/aromatic N) is 1. The maximum atomic E-state index is 12.6. The molecule has 24 heavy (non-hydrogen) atoms. The van der Waals surface area contributed by atoms with E-state index in [-0.39, 0.29) is 11.8 Å². The van der Waals surface area contributed by atoms with Crippen molar-refractivity contribution in [3.63, 3.8) is 0 Å². The third-order valence-corrected chi connectivity index (χ3v) is 4.57.